The molecule has 22 heavy (non-hydrogen) atoms. The van der Waals surface area contributed by atoms with Gasteiger partial charge in [-0.15, -0.1) is 11.3 Å². The van der Waals surface area contributed by atoms with Gasteiger partial charge >= 0.3 is 0 Å². The van der Waals surface area contributed by atoms with Crippen molar-refractivity contribution >= 4 is 29.3 Å². The molecule has 0 aliphatic heterocycles. The Kier molecular flexibility index (Phi) is 4.42. The Balaban J connectivity index is 2.48. The number of hydrogen-bond donors (Lipinski definition) is 1. The van der Waals surface area contributed by atoms with E-state index in [0.29, 0.717) is 14.8 Å². The first kappa shape index (κ1) is 16.3. The van der Waals surface area contributed by atoms with Crippen LogP contribution in [0.2, 0.25) is 0 Å². The fraction of sp³-hybridized carbons (Fsp3) is 0.250. The molecule has 0 bridgehead atoms. The van der Waals surface area contributed by atoms with Crippen LogP contribution >= 0.6 is 11.3 Å². The molecule has 6 heteroatoms. The molecule has 1 aromatic carbocycles. The van der Waals surface area contributed by atoms with Crippen LogP contribution in [0.1, 0.15) is 26.3 Å². The summed E-state index contributed by atoms with van der Waals surface area (Å²) in [4.78, 5) is 26.4. The topological polar surface area (TPSA) is 49.9 Å². The van der Waals surface area contributed by atoms with Crippen LogP contribution in [0.3, 0.4) is 0 Å². The fourth-order valence-electron chi connectivity index (χ4n) is 1.61. The summed E-state index contributed by atoms with van der Waals surface area (Å²) in [5, 5.41) is 0. The average molecular weight is 323 g/mol. The van der Waals surface area contributed by atoms with Crippen molar-refractivity contribution in [1.82, 2.24) is 4.98 Å². The number of nitrogens with one attached hydrogen (secondary N) is 1. The van der Waals surface area contributed by atoms with Gasteiger partial charge in [0.15, 0.2) is 17.4 Å². The van der Waals surface area contributed by atoms with E-state index in [-0.39, 0.29) is 11.3 Å². The Morgan fingerprint density at radius 2 is 1.91 bits per heavy atom. The molecule has 0 amide bonds. The van der Waals surface area contributed by atoms with Gasteiger partial charge in [0.1, 0.15) is 0 Å². The van der Waals surface area contributed by atoms with Crippen LogP contribution in [0.4, 0.5) is 8.78 Å². The highest BCUT2D eigenvalue weighted by Gasteiger charge is 2.18. The second-order valence-corrected chi connectivity index (χ2v) is 6.94. The van der Waals surface area contributed by atoms with Crippen LogP contribution < -0.4 is 14.8 Å². The van der Waals surface area contributed by atoms with Gasteiger partial charge in [-0.25, -0.2) is 8.78 Å². The summed E-state index contributed by atoms with van der Waals surface area (Å²) in [5.41, 5.74) is -0.534. The number of H-pyrrole nitrogens is 1. The molecule has 0 radical (unpaired) electrons. The molecule has 1 aromatic heterocycles. The van der Waals surface area contributed by atoms with E-state index in [1.165, 1.54) is 18.2 Å². The van der Waals surface area contributed by atoms with Crippen LogP contribution in [0, 0.1) is 17.0 Å². The second-order valence-electron chi connectivity index (χ2n) is 5.86. The Labute approximate surface area is 129 Å². The van der Waals surface area contributed by atoms with Gasteiger partial charge < -0.3 is 4.98 Å². The van der Waals surface area contributed by atoms with Crippen LogP contribution in [-0.4, -0.2) is 10.8 Å². The normalized spacial score (nSPS) is 13.7. The summed E-state index contributed by atoms with van der Waals surface area (Å²) in [7, 11) is 0. The average Bonchev–Trinajstić information content (AvgIpc) is 2.73. The van der Waals surface area contributed by atoms with Crippen molar-refractivity contribution in [2.75, 3.05) is 0 Å². The van der Waals surface area contributed by atoms with Gasteiger partial charge in [-0.1, -0.05) is 26.8 Å². The summed E-state index contributed by atoms with van der Waals surface area (Å²) < 4.78 is 26.8. The molecule has 0 aliphatic carbocycles. The lowest BCUT2D eigenvalue weighted by Gasteiger charge is -2.12. The summed E-state index contributed by atoms with van der Waals surface area (Å²) in [5.74, 6) is -2.03. The van der Waals surface area contributed by atoms with Crippen molar-refractivity contribution in [3.63, 3.8) is 0 Å². The van der Waals surface area contributed by atoms with Gasteiger partial charge in [-0.05, 0) is 23.8 Å². The maximum absolute atomic E-state index is 13.2. The fourth-order valence-corrected chi connectivity index (χ4v) is 2.50. The minimum absolute atomic E-state index is 0.107. The highest BCUT2D eigenvalue weighted by Crippen LogP contribution is 2.14. The van der Waals surface area contributed by atoms with Gasteiger partial charge in [-0.3, -0.25) is 9.59 Å². The molecule has 0 spiro atoms. The second kappa shape index (κ2) is 5.96. The maximum atomic E-state index is 13.2. The van der Waals surface area contributed by atoms with Gasteiger partial charge in [-0.2, -0.15) is 0 Å². The van der Waals surface area contributed by atoms with Gasteiger partial charge in [0.05, 0.1) is 9.20 Å². The quantitative estimate of drug-likeness (QED) is 0.918. The van der Waals surface area contributed by atoms with Gasteiger partial charge in [0.25, 0.3) is 5.56 Å². The minimum Gasteiger partial charge on any atom is -0.313 e. The standard InChI is InChI=1S/C16H15F2NO2S/c1-16(2,3)13(20)8-14-19-15(21)12(22-14)7-9-4-5-10(17)11(18)6-9/h4-8H,1-3H3,(H,19,21)/b12-7+,14-8+. The molecule has 0 aliphatic rings. The molecule has 0 fully saturated rings. The number of Topliss-reactive ketones (excluding diaryl/α,β-unsaturated/α-hetero) is 1. The van der Waals surface area contributed by atoms with Crippen molar-refractivity contribution < 1.29 is 13.6 Å². The van der Waals surface area contributed by atoms with Gasteiger partial charge in [0, 0.05) is 11.5 Å². The van der Waals surface area contributed by atoms with E-state index in [1.54, 1.807) is 20.8 Å². The van der Waals surface area contributed by atoms with E-state index >= 15 is 0 Å². The van der Waals surface area contributed by atoms with Crippen molar-refractivity contribution in [3.05, 3.63) is 54.9 Å². The van der Waals surface area contributed by atoms with Crippen molar-refractivity contribution in [2.45, 2.75) is 20.8 Å². The molecule has 2 aromatic rings. The Morgan fingerprint density at radius 1 is 1.23 bits per heavy atom. The molecule has 3 nitrogen and oxygen atoms in total. The van der Waals surface area contributed by atoms with Crippen molar-refractivity contribution in [1.29, 1.82) is 0 Å². The zero-order valence-corrected chi connectivity index (χ0v) is 13.2. The Morgan fingerprint density at radius 3 is 2.50 bits per heavy atom. The van der Waals surface area contributed by atoms with Crippen molar-refractivity contribution in [2.24, 2.45) is 5.41 Å². The predicted octanol–water partition coefficient (Wildman–Crippen LogP) is 1.94. The van der Waals surface area contributed by atoms with E-state index in [4.69, 9.17) is 0 Å². The number of carbonyl (C=O) groups excluding carboxylic acids is 1. The molecule has 0 atom stereocenters. The van der Waals surface area contributed by atoms with Crippen LogP contribution in [0.25, 0.3) is 12.2 Å². The zero-order valence-electron chi connectivity index (χ0n) is 12.4. The first-order valence-corrected chi connectivity index (χ1v) is 7.40. The predicted molar refractivity (Wildman–Crippen MR) is 83.0 cm³/mol. The van der Waals surface area contributed by atoms with Crippen LogP contribution in [-0.2, 0) is 4.79 Å². The Bertz CT molecular complexity index is 888. The number of thiazole rings is 1. The summed E-state index contributed by atoms with van der Waals surface area (Å²) in [6.07, 6.45) is 2.83. The van der Waals surface area contributed by atoms with Gasteiger partial charge in [0.2, 0.25) is 0 Å². The summed E-state index contributed by atoms with van der Waals surface area (Å²) >= 11 is 1.09. The first-order valence-electron chi connectivity index (χ1n) is 6.59. The molecule has 1 heterocycles. The maximum Gasteiger partial charge on any atom is 0.266 e. The van der Waals surface area contributed by atoms with E-state index in [9.17, 15) is 18.4 Å². The van der Waals surface area contributed by atoms with E-state index in [2.05, 4.69) is 4.98 Å². The SMILES string of the molecule is CC(C)(C)C(=O)/C=c1\[nH]c(=O)/c(=C\c2ccc(F)c(F)c2)s1. The summed E-state index contributed by atoms with van der Waals surface area (Å²) in [6.45, 7) is 5.35. The van der Waals surface area contributed by atoms with Crippen molar-refractivity contribution in [3.8, 4) is 0 Å². The first-order chi connectivity index (χ1) is 10.2. The molecular formula is C16H15F2NO2S. The van der Waals surface area contributed by atoms with E-state index < -0.39 is 17.0 Å². The monoisotopic (exact) mass is 323 g/mol. The Hall–Kier alpha value is -2.08. The van der Waals surface area contributed by atoms with E-state index in [1.807, 2.05) is 0 Å². The third-order valence-electron chi connectivity index (χ3n) is 2.92. The lowest BCUT2D eigenvalue weighted by atomic mass is 9.91. The molecule has 0 unspecified atom stereocenters. The number of ketones is 1. The third-order valence-corrected chi connectivity index (χ3v) is 3.89. The largest absolute Gasteiger partial charge is 0.313 e. The lowest BCUT2D eigenvalue weighted by molar-refractivity contribution is -0.119. The molecule has 0 saturated heterocycles. The number of carbonyl (C=O) groups is 1. The number of aromatic nitrogens is 1. The zero-order chi connectivity index (χ0) is 16.5. The van der Waals surface area contributed by atoms with Crippen LogP contribution in [0.15, 0.2) is 23.0 Å². The number of halogens is 2. The highest BCUT2D eigenvalue weighted by molar-refractivity contribution is 7.07. The minimum atomic E-state index is -0.976. The van der Waals surface area contributed by atoms with E-state index in [0.717, 1.165) is 23.5 Å². The number of rotatable bonds is 2. The summed E-state index contributed by atoms with van der Waals surface area (Å²) in [6, 6.07) is 3.39. The molecule has 116 valence electrons. The third kappa shape index (κ3) is 3.76. The molecule has 2 rings (SSSR count). The molecule has 0 saturated carbocycles. The number of aromatic amines is 1. The van der Waals surface area contributed by atoms with Crippen LogP contribution in [0.5, 0.6) is 0 Å². The smallest absolute Gasteiger partial charge is 0.266 e. The number of hydrogen-bond acceptors (Lipinski definition) is 3. The lowest BCUT2D eigenvalue weighted by Crippen LogP contribution is -2.22. The molecule has 1 N–H and O–H groups in total. The number of benzene rings is 1. The molecular weight excluding hydrogens is 308 g/mol. The highest BCUT2D eigenvalue weighted by atomic mass is 32.1.